The maximum absolute atomic E-state index is 10.5. The fourth-order valence-corrected chi connectivity index (χ4v) is 0.422. The lowest BCUT2D eigenvalue weighted by Crippen LogP contribution is -2.36. The van der Waals surface area contributed by atoms with Gasteiger partial charge >= 0.3 is 5.97 Å². The van der Waals surface area contributed by atoms with Crippen molar-refractivity contribution in [3.63, 3.8) is 0 Å². The van der Waals surface area contributed by atoms with Crippen LogP contribution in [0.4, 0.5) is 0 Å². The van der Waals surface area contributed by atoms with Crippen LogP contribution in [0.2, 0.25) is 0 Å². The first-order valence-corrected chi connectivity index (χ1v) is 3.34. The highest BCUT2D eigenvalue weighted by molar-refractivity contribution is 5.77. The normalized spacial score (nSPS) is 12.2. The van der Waals surface area contributed by atoms with Crippen molar-refractivity contribution < 1.29 is 19.4 Å². The predicted octanol–water partition coefficient (Wildman–Crippen LogP) is -1.84. The molecule has 0 saturated heterocycles. The van der Waals surface area contributed by atoms with Crippen molar-refractivity contribution in [2.45, 2.75) is 6.04 Å². The Morgan fingerprint density at radius 2 is 2.25 bits per heavy atom. The number of carboxylic acid groups (broad SMARTS) is 1. The highest BCUT2D eigenvalue weighted by Crippen LogP contribution is 1.81. The third-order valence-corrected chi connectivity index (χ3v) is 1.13. The van der Waals surface area contributed by atoms with E-state index in [-0.39, 0.29) is 19.1 Å². The Labute approximate surface area is 69.7 Å². The number of carbonyl (C=O) groups is 2. The van der Waals surface area contributed by atoms with Crippen LogP contribution in [-0.2, 0) is 14.3 Å². The number of carbonyl (C=O) groups excluding carboxylic acids is 1. The van der Waals surface area contributed by atoms with Crippen molar-refractivity contribution in [2.75, 3.05) is 20.3 Å². The molecule has 0 fully saturated rings. The number of nitrogens with one attached hydrogen (secondary N) is 1. The summed E-state index contributed by atoms with van der Waals surface area (Å²) in [6, 6.07) is -1.07. The van der Waals surface area contributed by atoms with E-state index in [1.54, 1.807) is 0 Å². The molecule has 4 N–H and O–H groups in total. The van der Waals surface area contributed by atoms with E-state index in [0.717, 1.165) is 0 Å². The molecule has 0 rings (SSSR count). The Kier molecular flexibility index (Phi) is 4.98. The largest absolute Gasteiger partial charge is 0.480 e. The third-order valence-electron chi connectivity index (χ3n) is 1.13. The Morgan fingerprint density at radius 3 is 2.67 bits per heavy atom. The molecule has 0 aliphatic carbocycles. The standard InChI is InChI=1S/C6H12N2O4/c1-8-5(9)3-12-2-4(7)6(10)11/h4H,2-3,7H2,1H3,(H,8,9)(H,10,11)/t4-/m0/s1. The van der Waals surface area contributed by atoms with Gasteiger partial charge in [0, 0.05) is 7.05 Å². The average Bonchev–Trinajstić information content (AvgIpc) is 2.03. The van der Waals surface area contributed by atoms with Gasteiger partial charge in [0.15, 0.2) is 0 Å². The van der Waals surface area contributed by atoms with Crippen molar-refractivity contribution in [1.29, 1.82) is 0 Å². The first-order valence-electron chi connectivity index (χ1n) is 3.34. The summed E-state index contributed by atoms with van der Waals surface area (Å²) in [5, 5.41) is 10.6. The van der Waals surface area contributed by atoms with Crippen LogP contribution in [-0.4, -0.2) is 43.3 Å². The van der Waals surface area contributed by atoms with E-state index in [1.165, 1.54) is 7.05 Å². The van der Waals surface area contributed by atoms with E-state index >= 15 is 0 Å². The smallest absolute Gasteiger partial charge is 0.322 e. The van der Waals surface area contributed by atoms with E-state index in [0.29, 0.717) is 0 Å². The molecule has 0 spiro atoms. The molecule has 6 heteroatoms. The van der Waals surface area contributed by atoms with E-state index in [9.17, 15) is 9.59 Å². The van der Waals surface area contributed by atoms with Crippen LogP contribution in [0.1, 0.15) is 0 Å². The zero-order valence-electron chi connectivity index (χ0n) is 6.74. The summed E-state index contributed by atoms with van der Waals surface area (Å²) < 4.78 is 4.69. The molecule has 70 valence electrons. The minimum atomic E-state index is -1.15. The zero-order chi connectivity index (χ0) is 9.56. The fraction of sp³-hybridized carbons (Fsp3) is 0.667. The summed E-state index contributed by atoms with van der Waals surface area (Å²) in [5.41, 5.74) is 5.09. The predicted molar refractivity (Wildman–Crippen MR) is 40.5 cm³/mol. The second-order valence-electron chi connectivity index (χ2n) is 2.13. The lowest BCUT2D eigenvalue weighted by Gasteiger charge is -2.06. The summed E-state index contributed by atoms with van der Waals surface area (Å²) in [5.74, 6) is -1.46. The van der Waals surface area contributed by atoms with E-state index in [1.807, 2.05) is 0 Å². The van der Waals surface area contributed by atoms with Gasteiger partial charge in [-0.3, -0.25) is 9.59 Å². The molecule has 0 aromatic heterocycles. The maximum Gasteiger partial charge on any atom is 0.322 e. The summed E-state index contributed by atoms with van der Waals surface area (Å²) in [7, 11) is 1.46. The highest BCUT2D eigenvalue weighted by Gasteiger charge is 2.11. The topological polar surface area (TPSA) is 102 Å². The monoisotopic (exact) mass is 176 g/mol. The Morgan fingerprint density at radius 1 is 1.67 bits per heavy atom. The minimum Gasteiger partial charge on any atom is -0.480 e. The number of likely N-dealkylation sites (N-methyl/N-ethyl adjacent to an activating group) is 1. The molecule has 0 heterocycles. The molecule has 12 heavy (non-hydrogen) atoms. The van der Waals surface area contributed by atoms with Gasteiger partial charge in [0.2, 0.25) is 5.91 Å². The maximum atomic E-state index is 10.5. The van der Waals surface area contributed by atoms with Gasteiger partial charge in [0.05, 0.1) is 6.61 Å². The lowest BCUT2D eigenvalue weighted by atomic mass is 10.3. The molecule has 0 aromatic rings. The van der Waals surface area contributed by atoms with Gasteiger partial charge in [-0.15, -0.1) is 0 Å². The van der Waals surface area contributed by atoms with Crippen LogP contribution in [0, 0.1) is 0 Å². The fourth-order valence-electron chi connectivity index (χ4n) is 0.422. The van der Waals surface area contributed by atoms with Gasteiger partial charge in [-0.05, 0) is 0 Å². The Hall–Kier alpha value is -1.14. The Bertz CT molecular complexity index is 171. The zero-order valence-corrected chi connectivity index (χ0v) is 6.74. The molecule has 0 aliphatic heterocycles. The van der Waals surface area contributed by atoms with Crippen molar-refractivity contribution in [3.8, 4) is 0 Å². The Balaban J connectivity index is 3.43. The number of amides is 1. The lowest BCUT2D eigenvalue weighted by molar-refractivity contribution is -0.141. The summed E-state index contributed by atoms with van der Waals surface area (Å²) in [6.07, 6.45) is 0. The molecule has 0 saturated carbocycles. The quantitative estimate of drug-likeness (QED) is 0.457. The molecule has 0 aliphatic rings. The molecule has 0 aromatic carbocycles. The molecule has 0 bridgehead atoms. The van der Waals surface area contributed by atoms with Crippen molar-refractivity contribution >= 4 is 11.9 Å². The van der Waals surface area contributed by atoms with Crippen LogP contribution < -0.4 is 11.1 Å². The van der Waals surface area contributed by atoms with Gasteiger partial charge in [0.1, 0.15) is 12.6 Å². The van der Waals surface area contributed by atoms with Gasteiger partial charge in [0.25, 0.3) is 0 Å². The number of ether oxygens (including phenoxy) is 1. The number of nitrogens with two attached hydrogens (primary N) is 1. The third kappa shape index (κ3) is 4.64. The van der Waals surface area contributed by atoms with Gasteiger partial charge in [-0.1, -0.05) is 0 Å². The SMILES string of the molecule is CNC(=O)COC[C@H](N)C(=O)O. The van der Waals surface area contributed by atoms with Gasteiger partial charge in [-0.2, -0.15) is 0 Å². The summed E-state index contributed by atoms with van der Waals surface area (Å²) >= 11 is 0. The number of hydrogen-bond acceptors (Lipinski definition) is 4. The number of carboxylic acids is 1. The molecule has 1 atom stereocenters. The number of rotatable bonds is 5. The summed E-state index contributed by atoms with van der Waals surface area (Å²) in [6.45, 7) is -0.333. The van der Waals surface area contributed by atoms with E-state index in [2.05, 4.69) is 5.32 Å². The molecule has 1 amide bonds. The highest BCUT2D eigenvalue weighted by atomic mass is 16.5. The molecule has 0 unspecified atom stereocenters. The first kappa shape index (κ1) is 10.9. The van der Waals surface area contributed by atoms with Crippen LogP contribution >= 0.6 is 0 Å². The molecule has 0 radical (unpaired) electrons. The summed E-state index contributed by atoms with van der Waals surface area (Å²) in [4.78, 5) is 20.7. The minimum absolute atomic E-state index is 0.164. The number of aliphatic carboxylic acids is 1. The number of hydrogen-bond donors (Lipinski definition) is 3. The van der Waals surface area contributed by atoms with Gasteiger partial charge in [-0.25, -0.2) is 0 Å². The van der Waals surface area contributed by atoms with Crippen LogP contribution in [0.5, 0.6) is 0 Å². The van der Waals surface area contributed by atoms with E-state index < -0.39 is 12.0 Å². The van der Waals surface area contributed by atoms with Crippen LogP contribution in [0.25, 0.3) is 0 Å². The van der Waals surface area contributed by atoms with E-state index in [4.69, 9.17) is 15.6 Å². The molecular formula is C6H12N2O4. The molecule has 6 nitrogen and oxygen atoms in total. The average molecular weight is 176 g/mol. The van der Waals surface area contributed by atoms with Crippen molar-refractivity contribution in [1.82, 2.24) is 5.32 Å². The second kappa shape index (κ2) is 5.50. The van der Waals surface area contributed by atoms with Crippen LogP contribution in [0.3, 0.4) is 0 Å². The first-order chi connectivity index (χ1) is 5.57. The van der Waals surface area contributed by atoms with Crippen LogP contribution in [0.15, 0.2) is 0 Å². The van der Waals surface area contributed by atoms with Crippen molar-refractivity contribution in [3.05, 3.63) is 0 Å². The molecular weight excluding hydrogens is 164 g/mol. The second-order valence-corrected chi connectivity index (χ2v) is 2.13. The van der Waals surface area contributed by atoms with Gasteiger partial charge < -0.3 is 20.9 Å². The van der Waals surface area contributed by atoms with Crippen molar-refractivity contribution in [2.24, 2.45) is 5.73 Å².